The van der Waals surface area contributed by atoms with E-state index in [0.717, 1.165) is 17.5 Å². The molecule has 3 aromatic rings. The lowest BCUT2D eigenvalue weighted by atomic mass is 10.0. The lowest BCUT2D eigenvalue weighted by Gasteiger charge is -2.12. The Balaban J connectivity index is 1.83. The number of amides is 1. The van der Waals surface area contributed by atoms with Gasteiger partial charge in [-0.25, -0.2) is 4.98 Å². The first-order chi connectivity index (χ1) is 14.8. The highest BCUT2D eigenvalue weighted by Gasteiger charge is 2.39. The van der Waals surface area contributed by atoms with Crippen molar-refractivity contribution in [1.29, 1.82) is 0 Å². The van der Waals surface area contributed by atoms with Crippen LogP contribution < -0.4 is 5.32 Å². The summed E-state index contributed by atoms with van der Waals surface area (Å²) < 4.78 is 39.1. The van der Waals surface area contributed by atoms with Gasteiger partial charge in [-0.05, 0) is 23.6 Å². The van der Waals surface area contributed by atoms with Crippen molar-refractivity contribution in [2.24, 2.45) is 5.16 Å². The zero-order chi connectivity index (χ0) is 22.4. The Hall–Kier alpha value is -2.91. The maximum atomic E-state index is 13.2. The maximum Gasteiger partial charge on any atom is 0.435 e. The molecule has 0 aliphatic rings. The summed E-state index contributed by atoms with van der Waals surface area (Å²) in [7, 11) is 0. The molecule has 0 aliphatic carbocycles. The molecule has 0 aliphatic heterocycles. The summed E-state index contributed by atoms with van der Waals surface area (Å²) in [4.78, 5) is 20.3. The number of para-hydroxylation sites is 1. The van der Waals surface area contributed by atoms with Gasteiger partial charge in [-0.3, -0.25) is 4.79 Å². The summed E-state index contributed by atoms with van der Waals surface area (Å²) >= 11 is 6.10. The first kappa shape index (κ1) is 22.8. The van der Waals surface area contributed by atoms with Crippen LogP contribution in [0.15, 0.2) is 53.7 Å². The van der Waals surface area contributed by atoms with Gasteiger partial charge in [-0.1, -0.05) is 77.5 Å². The van der Waals surface area contributed by atoms with E-state index >= 15 is 0 Å². The predicted molar refractivity (Wildman–Crippen MR) is 116 cm³/mol. The second-order valence-corrected chi connectivity index (χ2v) is 7.91. The SMILES string of the molecule is CCCON=Cc1ccc(-c2ccccc2NC(=O)c2sc(Cl)nc2C(F)(F)F)cc1. The van der Waals surface area contributed by atoms with E-state index in [0.29, 0.717) is 29.2 Å². The molecule has 0 atom stereocenters. The normalized spacial score (nSPS) is 11.6. The number of hydrogen-bond acceptors (Lipinski definition) is 5. The van der Waals surface area contributed by atoms with E-state index < -0.39 is 22.7 Å². The number of oxime groups is 1. The van der Waals surface area contributed by atoms with E-state index in [4.69, 9.17) is 16.4 Å². The third-order valence-corrected chi connectivity index (χ3v) is 5.20. The van der Waals surface area contributed by atoms with E-state index in [2.05, 4.69) is 15.5 Å². The summed E-state index contributed by atoms with van der Waals surface area (Å²) in [5.74, 6) is -0.930. The molecule has 0 saturated heterocycles. The fourth-order valence-corrected chi connectivity index (χ4v) is 3.68. The number of carbonyl (C=O) groups excluding carboxylic acids is 1. The molecular formula is C21H17ClF3N3O2S. The van der Waals surface area contributed by atoms with Crippen LogP contribution in [-0.4, -0.2) is 23.7 Å². The molecule has 0 radical (unpaired) electrons. The monoisotopic (exact) mass is 467 g/mol. The molecule has 3 rings (SSSR count). The van der Waals surface area contributed by atoms with Gasteiger partial charge < -0.3 is 10.2 Å². The zero-order valence-electron chi connectivity index (χ0n) is 16.2. The van der Waals surface area contributed by atoms with Gasteiger partial charge in [0.05, 0.1) is 6.21 Å². The highest BCUT2D eigenvalue weighted by Crippen LogP contribution is 2.37. The van der Waals surface area contributed by atoms with Crippen molar-refractivity contribution >= 4 is 40.7 Å². The molecule has 1 amide bonds. The Morgan fingerprint density at radius 1 is 1.23 bits per heavy atom. The van der Waals surface area contributed by atoms with E-state index in [1.54, 1.807) is 30.5 Å². The first-order valence-electron chi connectivity index (χ1n) is 9.19. The highest BCUT2D eigenvalue weighted by atomic mass is 35.5. The topological polar surface area (TPSA) is 63.6 Å². The Morgan fingerprint density at radius 2 is 1.94 bits per heavy atom. The van der Waals surface area contributed by atoms with Crippen molar-refractivity contribution in [3.05, 3.63) is 69.1 Å². The Morgan fingerprint density at radius 3 is 2.61 bits per heavy atom. The average Bonchev–Trinajstić information content (AvgIpc) is 3.15. The van der Waals surface area contributed by atoms with Crippen LogP contribution in [0.1, 0.15) is 34.3 Å². The third kappa shape index (κ3) is 5.83. The second kappa shape index (κ2) is 9.93. The van der Waals surface area contributed by atoms with E-state index in [1.165, 1.54) is 0 Å². The molecule has 0 unspecified atom stereocenters. The summed E-state index contributed by atoms with van der Waals surface area (Å²) in [5, 5.41) is 6.41. The quantitative estimate of drug-likeness (QED) is 0.245. The van der Waals surface area contributed by atoms with Crippen LogP contribution in [0, 0.1) is 0 Å². The van der Waals surface area contributed by atoms with Crippen molar-refractivity contribution in [2.75, 3.05) is 11.9 Å². The number of hydrogen-bond donors (Lipinski definition) is 1. The lowest BCUT2D eigenvalue weighted by molar-refractivity contribution is -0.141. The molecule has 10 heteroatoms. The van der Waals surface area contributed by atoms with Crippen LogP contribution in [0.2, 0.25) is 4.47 Å². The molecule has 0 bridgehead atoms. The van der Waals surface area contributed by atoms with E-state index in [-0.39, 0.29) is 4.47 Å². The number of alkyl halides is 3. The number of nitrogens with one attached hydrogen (secondary N) is 1. The number of aromatic nitrogens is 1. The third-order valence-electron chi connectivity index (χ3n) is 4.04. The highest BCUT2D eigenvalue weighted by molar-refractivity contribution is 7.17. The average molecular weight is 468 g/mol. The number of nitrogens with zero attached hydrogens (tertiary/aromatic N) is 2. The number of thiazole rings is 1. The van der Waals surface area contributed by atoms with Crippen molar-refractivity contribution in [3.8, 4) is 11.1 Å². The van der Waals surface area contributed by atoms with Crippen LogP contribution in [0.25, 0.3) is 11.1 Å². The Labute approximate surface area is 185 Å². The van der Waals surface area contributed by atoms with Gasteiger partial charge in [0.1, 0.15) is 11.5 Å². The fourth-order valence-electron chi connectivity index (χ4n) is 2.65. The zero-order valence-corrected chi connectivity index (χ0v) is 17.8. The number of benzene rings is 2. The van der Waals surface area contributed by atoms with Gasteiger partial charge in [-0.2, -0.15) is 13.2 Å². The molecule has 5 nitrogen and oxygen atoms in total. The van der Waals surface area contributed by atoms with Crippen molar-refractivity contribution < 1.29 is 22.8 Å². The van der Waals surface area contributed by atoms with Gasteiger partial charge in [0.25, 0.3) is 5.91 Å². The molecule has 0 saturated carbocycles. The number of rotatable bonds is 7. The maximum absolute atomic E-state index is 13.2. The van der Waals surface area contributed by atoms with Crippen LogP contribution in [0.4, 0.5) is 18.9 Å². The number of carbonyl (C=O) groups is 1. The molecule has 31 heavy (non-hydrogen) atoms. The minimum atomic E-state index is -4.78. The predicted octanol–water partition coefficient (Wildman–Crippen LogP) is 6.50. The standard InChI is InChI=1S/C21H17ClF3N3O2S/c1-2-11-30-26-12-13-7-9-14(10-8-13)15-5-3-4-6-16(15)27-19(29)17-18(21(23,24)25)28-20(22)31-17/h3-10,12H,2,11H2,1H3,(H,27,29). The number of halogens is 4. The summed E-state index contributed by atoms with van der Waals surface area (Å²) in [6, 6.07) is 14.1. The first-order valence-corrected chi connectivity index (χ1v) is 10.4. The van der Waals surface area contributed by atoms with Crippen molar-refractivity contribution in [3.63, 3.8) is 0 Å². The molecule has 1 N–H and O–H groups in total. The van der Waals surface area contributed by atoms with Gasteiger partial charge >= 0.3 is 6.18 Å². The minimum absolute atomic E-state index is 0.356. The molecule has 0 spiro atoms. The Kier molecular flexibility index (Phi) is 7.29. The van der Waals surface area contributed by atoms with E-state index in [1.807, 2.05) is 31.2 Å². The van der Waals surface area contributed by atoms with Gasteiger partial charge in [0.15, 0.2) is 10.2 Å². The molecule has 1 aromatic heterocycles. The fraction of sp³-hybridized carbons (Fsp3) is 0.190. The van der Waals surface area contributed by atoms with Crippen LogP contribution >= 0.6 is 22.9 Å². The van der Waals surface area contributed by atoms with E-state index in [9.17, 15) is 18.0 Å². The van der Waals surface area contributed by atoms with Crippen LogP contribution in [0.3, 0.4) is 0 Å². The van der Waals surface area contributed by atoms with Gasteiger partial charge in [0.2, 0.25) is 0 Å². The molecule has 2 aromatic carbocycles. The van der Waals surface area contributed by atoms with Gasteiger partial charge in [-0.15, -0.1) is 0 Å². The summed E-state index contributed by atoms with van der Waals surface area (Å²) in [6.45, 7) is 2.51. The largest absolute Gasteiger partial charge is 0.435 e. The molecular weight excluding hydrogens is 451 g/mol. The molecule has 0 fully saturated rings. The number of anilines is 1. The smallest absolute Gasteiger partial charge is 0.396 e. The molecule has 162 valence electrons. The second-order valence-electron chi connectivity index (χ2n) is 6.33. The van der Waals surface area contributed by atoms with Crippen LogP contribution in [0.5, 0.6) is 0 Å². The van der Waals surface area contributed by atoms with Crippen LogP contribution in [-0.2, 0) is 11.0 Å². The lowest BCUT2D eigenvalue weighted by Crippen LogP contribution is -2.17. The minimum Gasteiger partial charge on any atom is -0.396 e. The van der Waals surface area contributed by atoms with Crippen molar-refractivity contribution in [2.45, 2.75) is 19.5 Å². The van der Waals surface area contributed by atoms with Gasteiger partial charge in [0, 0.05) is 11.3 Å². The summed E-state index contributed by atoms with van der Waals surface area (Å²) in [6.07, 6.45) is -2.34. The van der Waals surface area contributed by atoms with Crippen molar-refractivity contribution in [1.82, 2.24) is 4.98 Å². The Bertz CT molecular complexity index is 1080. The molecule has 1 heterocycles. The summed E-state index contributed by atoms with van der Waals surface area (Å²) in [5.41, 5.74) is 1.28.